The zero-order chi connectivity index (χ0) is 12.2. The molecule has 0 aliphatic carbocycles. The van der Waals surface area contributed by atoms with Crippen molar-refractivity contribution in [3.8, 4) is 0 Å². The molecule has 1 rings (SSSR count). The lowest BCUT2D eigenvalue weighted by Crippen LogP contribution is -2.13. The SMILES string of the molecule is CCCC(CO)Cc1nc(C(C)(C)C)cs1. The van der Waals surface area contributed by atoms with Crippen LogP contribution in [0.2, 0.25) is 0 Å². The van der Waals surface area contributed by atoms with Crippen LogP contribution in [-0.2, 0) is 11.8 Å². The molecule has 0 bridgehead atoms. The minimum absolute atomic E-state index is 0.133. The fourth-order valence-electron chi connectivity index (χ4n) is 1.66. The maximum Gasteiger partial charge on any atom is 0.0932 e. The molecule has 0 fully saturated rings. The number of rotatable bonds is 5. The van der Waals surface area contributed by atoms with E-state index in [0.29, 0.717) is 5.92 Å². The number of thiazole rings is 1. The van der Waals surface area contributed by atoms with Gasteiger partial charge in [-0.25, -0.2) is 4.98 Å². The molecule has 0 aliphatic heterocycles. The summed E-state index contributed by atoms with van der Waals surface area (Å²) >= 11 is 1.72. The van der Waals surface area contributed by atoms with Crippen molar-refractivity contribution in [2.75, 3.05) is 6.61 Å². The quantitative estimate of drug-likeness (QED) is 0.857. The maximum atomic E-state index is 9.26. The van der Waals surface area contributed by atoms with Crippen molar-refractivity contribution in [3.63, 3.8) is 0 Å². The highest BCUT2D eigenvalue weighted by Gasteiger charge is 2.18. The van der Waals surface area contributed by atoms with Gasteiger partial charge in [0.25, 0.3) is 0 Å². The van der Waals surface area contributed by atoms with Crippen molar-refractivity contribution < 1.29 is 5.11 Å². The predicted molar refractivity (Wildman–Crippen MR) is 70.0 cm³/mol. The summed E-state index contributed by atoms with van der Waals surface area (Å²) in [4.78, 5) is 4.66. The van der Waals surface area contributed by atoms with Gasteiger partial charge in [0.15, 0.2) is 0 Å². The first-order valence-electron chi connectivity index (χ1n) is 6.03. The fraction of sp³-hybridized carbons (Fsp3) is 0.769. The van der Waals surface area contributed by atoms with Gasteiger partial charge in [0.2, 0.25) is 0 Å². The van der Waals surface area contributed by atoms with E-state index >= 15 is 0 Å². The highest BCUT2D eigenvalue weighted by atomic mass is 32.1. The third-order valence-corrected chi connectivity index (χ3v) is 3.61. The molecule has 1 aromatic heterocycles. The van der Waals surface area contributed by atoms with Crippen LogP contribution in [0.25, 0.3) is 0 Å². The number of hydrogen-bond acceptors (Lipinski definition) is 3. The second-order valence-electron chi connectivity index (χ2n) is 5.42. The Morgan fingerprint density at radius 2 is 2.12 bits per heavy atom. The molecule has 0 aliphatic rings. The molecule has 1 aromatic rings. The lowest BCUT2D eigenvalue weighted by molar-refractivity contribution is 0.217. The van der Waals surface area contributed by atoms with Crippen LogP contribution in [0.15, 0.2) is 5.38 Å². The first kappa shape index (κ1) is 13.7. The van der Waals surface area contributed by atoms with Gasteiger partial charge in [0.05, 0.1) is 10.7 Å². The molecule has 1 N–H and O–H groups in total. The minimum Gasteiger partial charge on any atom is -0.396 e. The average Bonchev–Trinajstić information content (AvgIpc) is 2.65. The first-order chi connectivity index (χ1) is 7.47. The van der Waals surface area contributed by atoms with E-state index in [1.807, 2.05) is 0 Å². The molecule has 0 amide bonds. The van der Waals surface area contributed by atoms with E-state index in [-0.39, 0.29) is 12.0 Å². The summed E-state index contributed by atoms with van der Waals surface area (Å²) in [7, 11) is 0. The molecule has 3 heteroatoms. The van der Waals surface area contributed by atoms with Crippen LogP contribution in [0.1, 0.15) is 51.2 Å². The molecule has 0 saturated heterocycles. The highest BCUT2D eigenvalue weighted by Crippen LogP contribution is 2.25. The van der Waals surface area contributed by atoms with Gasteiger partial charge in [-0.15, -0.1) is 11.3 Å². The summed E-state index contributed by atoms with van der Waals surface area (Å²) in [5.41, 5.74) is 1.30. The van der Waals surface area contributed by atoms with E-state index in [1.165, 1.54) is 5.69 Å². The van der Waals surface area contributed by atoms with E-state index in [4.69, 9.17) is 0 Å². The van der Waals surface area contributed by atoms with Gasteiger partial charge < -0.3 is 5.11 Å². The number of aliphatic hydroxyl groups is 1. The Hall–Kier alpha value is -0.410. The summed E-state index contributed by atoms with van der Waals surface area (Å²) in [6, 6.07) is 0. The number of aliphatic hydroxyl groups excluding tert-OH is 1. The monoisotopic (exact) mass is 241 g/mol. The topological polar surface area (TPSA) is 33.1 Å². The van der Waals surface area contributed by atoms with E-state index in [0.717, 1.165) is 24.3 Å². The Labute approximate surface area is 103 Å². The third-order valence-electron chi connectivity index (χ3n) is 2.74. The van der Waals surface area contributed by atoms with Gasteiger partial charge in [0.1, 0.15) is 0 Å². The van der Waals surface area contributed by atoms with Crippen LogP contribution >= 0.6 is 11.3 Å². The van der Waals surface area contributed by atoms with E-state index in [9.17, 15) is 5.11 Å². The normalized spacial score (nSPS) is 14.1. The van der Waals surface area contributed by atoms with Gasteiger partial charge in [-0.1, -0.05) is 34.1 Å². The van der Waals surface area contributed by atoms with Crippen molar-refractivity contribution in [1.82, 2.24) is 4.98 Å². The van der Waals surface area contributed by atoms with Gasteiger partial charge >= 0.3 is 0 Å². The minimum atomic E-state index is 0.133. The molecule has 1 atom stereocenters. The Bertz CT molecular complexity index is 314. The largest absolute Gasteiger partial charge is 0.396 e. The lowest BCUT2D eigenvalue weighted by atomic mass is 9.93. The Kier molecular flexibility index (Phi) is 4.93. The van der Waals surface area contributed by atoms with Gasteiger partial charge in [0, 0.05) is 23.8 Å². The Morgan fingerprint density at radius 1 is 1.44 bits per heavy atom. The third kappa shape index (κ3) is 3.87. The molecule has 16 heavy (non-hydrogen) atoms. The Morgan fingerprint density at radius 3 is 2.56 bits per heavy atom. The van der Waals surface area contributed by atoms with Crippen molar-refractivity contribution >= 4 is 11.3 Å². The molecule has 2 nitrogen and oxygen atoms in total. The second kappa shape index (κ2) is 5.78. The molecular formula is C13H23NOS. The standard InChI is InChI=1S/C13H23NOS/c1-5-6-10(8-15)7-12-14-11(9-16-12)13(2,3)4/h9-10,15H,5-8H2,1-4H3. The van der Waals surface area contributed by atoms with Crippen LogP contribution < -0.4 is 0 Å². The summed E-state index contributed by atoms with van der Waals surface area (Å²) in [5, 5.41) is 12.6. The van der Waals surface area contributed by atoms with Crippen LogP contribution in [-0.4, -0.2) is 16.7 Å². The predicted octanol–water partition coefficient (Wildman–Crippen LogP) is 3.39. The van der Waals surface area contributed by atoms with Crippen molar-refractivity contribution in [2.45, 2.75) is 52.4 Å². The molecule has 1 unspecified atom stereocenters. The zero-order valence-corrected chi connectivity index (χ0v) is 11.6. The molecule has 0 spiro atoms. The van der Waals surface area contributed by atoms with E-state index in [2.05, 4.69) is 38.1 Å². The molecule has 0 aromatic carbocycles. The van der Waals surface area contributed by atoms with Crippen molar-refractivity contribution in [1.29, 1.82) is 0 Å². The smallest absolute Gasteiger partial charge is 0.0932 e. The second-order valence-corrected chi connectivity index (χ2v) is 6.36. The van der Waals surface area contributed by atoms with Crippen LogP contribution in [0.3, 0.4) is 0 Å². The van der Waals surface area contributed by atoms with Gasteiger partial charge in [-0.05, 0) is 12.3 Å². The molecule has 1 heterocycles. The summed E-state index contributed by atoms with van der Waals surface area (Å²) in [6.45, 7) is 8.98. The van der Waals surface area contributed by atoms with Crippen LogP contribution in [0.4, 0.5) is 0 Å². The first-order valence-corrected chi connectivity index (χ1v) is 6.91. The summed E-state index contributed by atoms with van der Waals surface area (Å²) in [5.74, 6) is 0.379. The number of nitrogens with zero attached hydrogens (tertiary/aromatic N) is 1. The molecule has 0 saturated carbocycles. The van der Waals surface area contributed by atoms with Crippen LogP contribution in [0.5, 0.6) is 0 Å². The summed E-state index contributed by atoms with van der Waals surface area (Å²) < 4.78 is 0. The van der Waals surface area contributed by atoms with Crippen LogP contribution in [0, 0.1) is 5.92 Å². The number of hydrogen-bond donors (Lipinski definition) is 1. The van der Waals surface area contributed by atoms with Gasteiger partial charge in [-0.3, -0.25) is 0 Å². The summed E-state index contributed by atoms with van der Waals surface area (Å²) in [6.07, 6.45) is 3.13. The molecule has 92 valence electrons. The van der Waals surface area contributed by atoms with E-state index in [1.54, 1.807) is 11.3 Å². The van der Waals surface area contributed by atoms with Crippen molar-refractivity contribution in [2.24, 2.45) is 5.92 Å². The lowest BCUT2D eigenvalue weighted by Gasteiger charge is -2.14. The van der Waals surface area contributed by atoms with E-state index < -0.39 is 0 Å². The maximum absolute atomic E-state index is 9.26. The zero-order valence-electron chi connectivity index (χ0n) is 10.8. The molecule has 0 radical (unpaired) electrons. The van der Waals surface area contributed by atoms with Gasteiger partial charge in [-0.2, -0.15) is 0 Å². The highest BCUT2D eigenvalue weighted by molar-refractivity contribution is 7.09. The number of aromatic nitrogens is 1. The molecular weight excluding hydrogens is 218 g/mol. The Balaban J connectivity index is 2.64. The average molecular weight is 241 g/mol. The fourth-order valence-corrected chi connectivity index (χ4v) is 2.80. The van der Waals surface area contributed by atoms with Crippen molar-refractivity contribution in [3.05, 3.63) is 16.1 Å².